The summed E-state index contributed by atoms with van der Waals surface area (Å²) in [5.74, 6) is 0.206. The number of benzene rings is 1. The van der Waals surface area contributed by atoms with E-state index >= 15 is 0 Å². The van der Waals surface area contributed by atoms with Gasteiger partial charge in [-0.3, -0.25) is 14.2 Å². The van der Waals surface area contributed by atoms with E-state index in [1.165, 1.54) is 22.0 Å². The van der Waals surface area contributed by atoms with Crippen molar-refractivity contribution in [3.8, 4) is 22.0 Å². The molecule has 5 nitrogen and oxygen atoms in total. The zero-order valence-electron chi connectivity index (χ0n) is 12.8. The quantitative estimate of drug-likeness (QED) is 0.636. The maximum Gasteiger partial charge on any atom is 0.305 e. The molecule has 2 aromatic heterocycles. The van der Waals surface area contributed by atoms with Gasteiger partial charge in [0.1, 0.15) is 11.5 Å². The second-order valence-corrected chi connectivity index (χ2v) is 7.29. The molecule has 0 aliphatic rings. The smallest absolute Gasteiger partial charge is 0.305 e. The number of furan rings is 1. The van der Waals surface area contributed by atoms with Crippen LogP contribution in [-0.4, -0.2) is 15.6 Å². The first kappa shape index (κ1) is 17.6. The number of carbonyl (C=O) groups is 1. The lowest BCUT2D eigenvalue weighted by Gasteiger charge is -2.04. The van der Waals surface area contributed by atoms with Gasteiger partial charge in [0.2, 0.25) is 0 Å². The molecular formula is C17H12ClNO4S2. The molecule has 128 valence electrons. The lowest BCUT2D eigenvalue weighted by molar-refractivity contribution is -0.137. The van der Waals surface area contributed by atoms with Crippen LogP contribution in [0.1, 0.15) is 6.42 Å². The number of hydrogen-bond acceptors (Lipinski definition) is 5. The van der Waals surface area contributed by atoms with Gasteiger partial charge in [-0.2, -0.15) is 0 Å². The molecule has 0 radical (unpaired) electrons. The minimum absolute atomic E-state index is 0.0535. The van der Waals surface area contributed by atoms with Crippen molar-refractivity contribution in [2.24, 2.45) is 0 Å². The molecule has 3 aromatic rings. The van der Waals surface area contributed by atoms with Crippen LogP contribution in [0.3, 0.4) is 0 Å². The number of rotatable bonds is 5. The Morgan fingerprint density at radius 1 is 1.20 bits per heavy atom. The summed E-state index contributed by atoms with van der Waals surface area (Å²) in [5, 5.41) is 9.39. The average Bonchev–Trinajstić information content (AvgIpc) is 3.04. The van der Waals surface area contributed by atoms with Crippen molar-refractivity contribution in [2.75, 3.05) is 0 Å². The van der Waals surface area contributed by atoms with Crippen molar-refractivity contribution in [3.05, 3.63) is 61.8 Å². The first-order valence-electron chi connectivity index (χ1n) is 7.27. The monoisotopic (exact) mass is 393 g/mol. The summed E-state index contributed by atoms with van der Waals surface area (Å²) in [4.78, 5) is 23.5. The van der Waals surface area contributed by atoms with E-state index in [-0.39, 0.29) is 18.5 Å². The van der Waals surface area contributed by atoms with Gasteiger partial charge in [-0.15, -0.1) is 11.3 Å². The SMILES string of the molecule is O=C(O)CCn1c(=O)cc(-c2ccc(-c3ccc(Cl)cc3)o2)sc1=S. The molecule has 1 aromatic carbocycles. The first-order valence-corrected chi connectivity index (χ1v) is 8.87. The Morgan fingerprint density at radius 2 is 1.88 bits per heavy atom. The first-order chi connectivity index (χ1) is 11.9. The summed E-state index contributed by atoms with van der Waals surface area (Å²) < 4.78 is 7.41. The van der Waals surface area contributed by atoms with Gasteiger partial charge in [-0.1, -0.05) is 11.6 Å². The molecule has 3 rings (SSSR count). The predicted octanol–water partition coefficient (Wildman–Crippen LogP) is 4.69. The Morgan fingerprint density at radius 3 is 2.52 bits per heavy atom. The van der Waals surface area contributed by atoms with E-state index in [0.717, 1.165) is 5.56 Å². The summed E-state index contributed by atoms with van der Waals surface area (Å²) >= 11 is 12.3. The second-order valence-electron chi connectivity index (χ2n) is 5.18. The number of aromatic nitrogens is 1. The van der Waals surface area contributed by atoms with Crippen molar-refractivity contribution in [2.45, 2.75) is 13.0 Å². The third-order valence-electron chi connectivity index (χ3n) is 3.47. The van der Waals surface area contributed by atoms with Crippen LogP contribution in [0.2, 0.25) is 5.02 Å². The van der Waals surface area contributed by atoms with E-state index in [4.69, 9.17) is 33.3 Å². The topological polar surface area (TPSA) is 72.4 Å². The molecule has 2 heterocycles. The van der Waals surface area contributed by atoms with Gasteiger partial charge in [0, 0.05) is 23.2 Å². The van der Waals surface area contributed by atoms with Crippen LogP contribution < -0.4 is 5.56 Å². The number of nitrogens with zero attached hydrogens (tertiary/aromatic N) is 1. The van der Waals surface area contributed by atoms with E-state index < -0.39 is 5.97 Å². The third kappa shape index (κ3) is 4.07. The van der Waals surface area contributed by atoms with Crippen molar-refractivity contribution < 1.29 is 14.3 Å². The van der Waals surface area contributed by atoms with Crippen molar-refractivity contribution in [3.63, 3.8) is 0 Å². The second kappa shape index (κ2) is 7.35. The van der Waals surface area contributed by atoms with Gasteiger partial charge in [0.25, 0.3) is 5.56 Å². The van der Waals surface area contributed by atoms with Gasteiger partial charge >= 0.3 is 5.97 Å². The normalized spacial score (nSPS) is 10.8. The summed E-state index contributed by atoms with van der Waals surface area (Å²) in [6.45, 7) is 0.0535. The summed E-state index contributed by atoms with van der Waals surface area (Å²) in [5.41, 5.74) is 0.526. The Hall–Kier alpha value is -2.22. The van der Waals surface area contributed by atoms with Crippen LogP contribution in [0.5, 0.6) is 0 Å². The fourth-order valence-corrected chi connectivity index (χ4v) is 3.65. The highest BCUT2D eigenvalue weighted by atomic mass is 35.5. The van der Waals surface area contributed by atoms with Gasteiger partial charge in [0.05, 0.1) is 11.3 Å². The molecule has 8 heteroatoms. The molecule has 0 fully saturated rings. The van der Waals surface area contributed by atoms with E-state index in [1.54, 1.807) is 18.2 Å². The third-order valence-corrected chi connectivity index (χ3v) is 5.12. The Labute approximate surface area is 156 Å². The highest BCUT2D eigenvalue weighted by Gasteiger charge is 2.11. The maximum atomic E-state index is 12.2. The number of aliphatic carboxylic acids is 1. The van der Waals surface area contributed by atoms with E-state index in [2.05, 4.69) is 0 Å². The highest BCUT2D eigenvalue weighted by Crippen LogP contribution is 2.30. The minimum Gasteiger partial charge on any atom is -0.481 e. The Balaban J connectivity index is 1.93. The molecule has 0 aliphatic carbocycles. The zero-order chi connectivity index (χ0) is 18.0. The molecule has 0 bridgehead atoms. The highest BCUT2D eigenvalue weighted by molar-refractivity contribution is 7.73. The number of carboxylic acids is 1. The molecule has 0 saturated heterocycles. The summed E-state index contributed by atoms with van der Waals surface area (Å²) in [6.07, 6.45) is -0.156. The van der Waals surface area contributed by atoms with Crippen molar-refractivity contribution in [1.29, 1.82) is 0 Å². The van der Waals surface area contributed by atoms with Crippen LogP contribution in [0.15, 0.2) is 51.7 Å². The fraction of sp³-hybridized carbons (Fsp3) is 0.118. The van der Waals surface area contributed by atoms with Crippen LogP contribution in [0, 0.1) is 3.95 Å². The van der Waals surface area contributed by atoms with E-state index in [1.807, 2.05) is 18.2 Å². The van der Waals surface area contributed by atoms with E-state index in [9.17, 15) is 9.59 Å². The fourth-order valence-electron chi connectivity index (χ4n) is 2.23. The van der Waals surface area contributed by atoms with Crippen LogP contribution in [0.25, 0.3) is 22.0 Å². The minimum atomic E-state index is -0.978. The van der Waals surface area contributed by atoms with Gasteiger partial charge < -0.3 is 9.52 Å². The summed E-state index contributed by atoms with van der Waals surface area (Å²) in [7, 11) is 0. The molecule has 0 unspecified atom stereocenters. The number of halogens is 1. The molecule has 0 atom stereocenters. The van der Waals surface area contributed by atoms with E-state index in [0.29, 0.717) is 25.4 Å². The lowest BCUT2D eigenvalue weighted by Crippen LogP contribution is -2.20. The molecule has 0 aliphatic heterocycles. The van der Waals surface area contributed by atoms with Crippen LogP contribution in [-0.2, 0) is 11.3 Å². The van der Waals surface area contributed by atoms with Gasteiger partial charge in [-0.25, -0.2) is 0 Å². The molecule has 0 saturated carbocycles. The summed E-state index contributed by atoms with van der Waals surface area (Å²) in [6, 6.07) is 12.2. The number of hydrogen-bond donors (Lipinski definition) is 1. The number of carboxylic acid groups (broad SMARTS) is 1. The molecular weight excluding hydrogens is 382 g/mol. The molecule has 25 heavy (non-hydrogen) atoms. The maximum absolute atomic E-state index is 12.2. The van der Waals surface area contributed by atoms with Crippen molar-refractivity contribution in [1.82, 2.24) is 4.57 Å². The lowest BCUT2D eigenvalue weighted by atomic mass is 10.2. The average molecular weight is 394 g/mol. The Bertz CT molecular complexity index is 1000. The zero-order valence-corrected chi connectivity index (χ0v) is 15.2. The Kier molecular flexibility index (Phi) is 5.17. The van der Waals surface area contributed by atoms with Gasteiger partial charge in [0.15, 0.2) is 3.95 Å². The van der Waals surface area contributed by atoms with Gasteiger partial charge in [-0.05, 0) is 48.6 Å². The predicted molar refractivity (Wildman–Crippen MR) is 99.8 cm³/mol. The molecule has 0 spiro atoms. The molecule has 0 amide bonds. The largest absolute Gasteiger partial charge is 0.481 e. The standard InChI is InChI=1S/C17H12ClNO4S2/c18-11-3-1-10(2-4-11)12-5-6-13(23-12)14-9-15(20)19(17(24)25-14)8-7-16(21)22/h1-6,9H,7-8H2,(H,21,22). The molecule has 1 N–H and O–H groups in total. The van der Waals surface area contributed by atoms with Crippen LogP contribution >= 0.6 is 35.2 Å². The van der Waals surface area contributed by atoms with Crippen LogP contribution in [0.4, 0.5) is 0 Å². The van der Waals surface area contributed by atoms with Crippen molar-refractivity contribution >= 4 is 41.1 Å².